The van der Waals surface area contributed by atoms with Crippen molar-refractivity contribution in [1.29, 1.82) is 0 Å². The van der Waals surface area contributed by atoms with Crippen LogP contribution in [0.1, 0.15) is 12.8 Å². The Balaban J connectivity index is 0.00000162. The van der Waals surface area contributed by atoms with Gasteiger partial charge in [-0.25, -0.2) is 0 Å². The minimum Gasteiger partial charge on any atom is -0.364 e. The Kier molecular flexibility index (Phi) is 7.79. The smallest absolute Gasteiger partial charge is 0.249 e. The number of halogens is 1. The fraction of sp³-hybridized carbons (Fsp3) is 0.909. The van der Waals surface area contributed by atoms with Gasteiger partial charge in [0.05, 0.1) is 6.10 Å². The van der Waals surface area contributed by atoms with E-state index in [0.29, 0.717) is 11.8 Å². The number of nitrogens with one attached hydrogen (secondary N) is 1. The molecule has 2 rings (SSSR count). The largest absolute Gasteiger partial charge is 0.364 e. The molecule has 2 saturated heterocycles. The van der Waals surface area contributed by atoms with Crippen molar-refractivity contribution in [3.05, 3.63) is 0 Å². The van der Waals surface area contributed by atoms with Gasteiger partial charge in [0.1, 0.15) is 6.10 Å². The second kappa shape index (κ2) is 8.53. The van der Waals surface area contributed by atoms with E-state index in [1.807, 2.05) is 23.5 Å². The quantitative estimate of drug-likeness (QED) is 0.807. The maximum Gasteiger partial charge on any atom is 0.249 e. The first-order valence-electron chi connectivity index (χ1n) is 6.12. The van der Waals surface area contributed by atoms with Gasteiger partial charge >= 0.3 is 0 Å². The SMILES string of the molecule is Cl.NC[C@H]1CC[C@@H](C(=O)NCC2CSCCS2)O1. The van der Waals surface area contributed by atoms with Gasteiger partial charge < -0.3 is 15.8 Å². The number of hydrogen-bond acceptors (Lipinski definition) is 5. The lowest BCUT2D eigenvalue weighted by Gasteiger charge is -2.22. The number of rotatable bonds is 4. The van der Waals surface area contributed by atoms with Crippen molar-refractivity contribution in [3.63, 3.8) is 0 Å². The van der Waals surface area contributed by atoms with Crippen LogP contribution in [-0.2, 0) is 9.53 Å². The number of carbonyl (C=O) groups is 1. The molecule has 0 aromatic rings. The van der Waals surface area contributed by atoms with Gasteiger partial charge in [0.2, 0.25) is 5.91 Å². The second-order valence-electron chi connectivity index (χ2n) is 4.37. The molecule has 106 valence electrons. The normalized spacial score (nSPS) is 31.7. The Hall–Kier alpha value is 0.380. The molecule has 2 fully saturated rings. The lowest BCUT2D eigenvalue weighted by Crippen LogP contribution is -2.40. The predicted molar refractivity (Wildman–Crippen MR) is 80.8 cm³/mol. The van der Waals surface area contributed by atoms with Gasteiger partial charge in [-0.1, -0.05) is 0 Å². The molecule has 3 N–H and O–H groups in total. The number of amides is 1. The highest BCUT2D eigenvalue weighted by Gasteiger charge is 2.30. The summed E-state index contributed by atoms with van der Waals surface area (Å²) >= 11 is 3.93. The summed E-state index contributed by atoms with van der Waals surface area (Å²) in [6, 6.07) is 0. The van der Waals surface area contributed by atoms with Crippen LogP contribution in [0.4, 0.5) is 0 Å². The highest BCUT2D eigenvalue weighted by atomic mass is 35.5. The molecular weight excluding hydrogens is 292 g/mol. The fourth-order valence-electron chi connectivity index (χ4n) is 2.05. The molecule has 7 heteroatoms. The van der Waals surface area contributed by atoms with E-state index in [0.717, 1.165) is 25.1 Å². The topological polar surface area (TPSA) is 64.4 Å². The Morgan fingerprint density at radius 3 is 2.83 bits per heavy atom. The van der Waals surface area contributed by atoms with Crippen molar-refractivity contribution in [2.75, 3.05) is 30.3 Å². The van der Waals surface area contributed by atoms with Crippen LogP contribution in [0.3, 0.4) is 0 Å². The predicted octanol–water partition coefficient (Wildman–Crippen LogP) is 0.879. The summed E-state index contributed by atoms with van der Waals surface area (Å²) in [6.45, 7) is 1.28. The molecule has 0 bridgehead atoms. The van der Waals surface area contributed by atoms with Crippen LogP contribution >= 0.6 is 35.9 Å². The van der Waals surface area contributed by atoms with Crippen molar-refractivity contribution in [2.24, 2.45) is 5.73 Å². The van der Waals surface area contributed by atoms with Crippen LogP contribution in [0, 0.1) is 0 Å². The Labute approximate surface area is 123 Å². The molecule has 3 atom stereocenters. The van der Waals surface area contributed by atoms with Gasteiger partial charge in [0, 0.05) is 35.6 Å². The maximum atomic E-state index is 11.9. The van der Waals surface area contributed by atoms with Gasteiger partial charge in [0.25, 0.3) is 0 Å². The lowest BCUT2D eigenvalue weighted by molar-refractivity contribution is -0.131. The number of ether oxygens (including phenoxy) is 1. The van der Waals surface area contributed by atoms with E-state index in [1.165, 1.54) is 11.5 Å². The molecule has 1 unspecified atom stereocenters. The number of thioether (sulfide) groups is 2. The molecule has 2 aliphatic rings. The molecule has 1 amide bonds. The highest BCUT2D eigenvalue weighted by molar-refractivity contribution is 8.06. The summed E-state index contributed by atoms with van der Waals surface area (Å²) in [7, 11) is 0. The zero-order valence-corrected chi connectivity index (χ0v) is 12.7. The van der Waals surface area contributed by atoms with E-state index >= 15 is 0 Å². The fourth-order valence-corrected chi connectivity index (χ4v) is 4.67. The van der Waals surface area contributed by atoms with E-state index < -0.39 is 0 Å². The minimum atomic E-state index is -0.273. The lowest BCUT2D eigenvalue weighted by atomic mass is 10.2. The van der Waals surface area contributed by atoms with Gasteiger partial charge in [0.15, 0.2) is 0 Å². The van der Waals surface area contributed by atoms with Gasteiger partial charge in [-0.15, -0.1) is 12.4 Å². The van der Waals surface area contributed by atoms with Crippen LogP contribution in [0.15, 0.2) is 0 Å². The molecule has 0 saturated carbocycles. The molecule has 0 spiro atoms. The van der Waals surface area contributed by atoms with Gasteiger partial charge in [-0.3, -0.25) is 4.79 Å². The van der Waals surface area contributed by atoms with Crippen molar-refractivity contribution in [3.8, 4) is 0 Å². The van der Waals surface area contributed by atoms with Crippen molar-refractivity contribution >= 4 is 41.8 Å². The Morgan fingerprint density at radius 2 is 2.22 bits per heavy atom. The van der Waals surface area contributed by atoms with Crippen molar-refractivity contribution < 1.29 is 9.53 Å². The molecule has 2 heterocycles. The summed E-state index contributed by atoms with van der Waals surface area (Å²) in [6.07, 6.45) is 1.51. The first kappa shape index (κ1) is 16.4. The van der Waals surface area contributed by atoms with E-state index in [4.69, 9.17) is 10.5 Å². The van der Waals surface area contributed by atoms with Crippen LogP contribution in [0.5, 0.6) is 0 Å². The summed E-state index contributed by atoms with van der Waals surface area (Å²) in [5.41, 5.74) is 5.52. The second-order valence-corrected chi connectivity index (χ2v) is 6.93. The summed E-state index contributed by atoms with van der Waals surface area (Å²) in [4.78, 5) is 11.9. The summed E-state index contributed by atoms with van der Waals surface area (Å²) < 4.78 is 5.56. The van der Waals surface area contributed by atoms with E-state index in [-0.39, 0.29) is 30.5 Å². The van der Waals surface area contributed by atoms with Gasteiger partial charge in [-0.05, 0) is 12.8 Å². The molecule has 4 nitrogen and oxygen atoms in total. The molecule has 0 radical (unpaired) electrons. The van der Waals surface area contributed by atoms with Crippen LogP contribution < -0.4 is 11.1 Å². The first-order chi connectivity index (χ1) is 8.29. The number of carbonyl (C=O) groups excluding carboxylic acids is 1. The Bertz CT molecular complexity index is 265. The van der Waals surface area contributed by atoms with Crippen molar-refractivity contribution in [1.82, 2.24) is 5.32 Å². The average molecular weight is 313 g/mol. The molecule has 0 aromatic heterocycles. The van der Waals surface area contributed by atoms with Crippen LogP contribution in [0.25, 0.3) is 0 Å². The first-order valence-corrected chi connectivity index (χ1v) is 8.32. The maximum absolute atomic E-state index is 11.9. The molecular formula is C11H21ClN2O2S2. The molecule has 2 aliphatic heterocycles. The van der Waals surface area contributed by atoms with Crippen LogP contribution in [-0.4, -0.2) is 53.7 Å². The van der Waals surface area contributed by atoms with E-state index in [2.05, 4.69) is 5.32 Å². The monoisotopic (exact) mass is 312 g/mol. The average Bonchev–Trinajstić information content (AvgIpc) is 2.86. The van der Waals surface area contributed by atoms with Gasteiger partial charge in [-0.2, -0.15) is 23.5 Å². The van der Waals surface area contributed by atoms with Crippen LogP contribution in [0.2, 0.25) is 0 Å². The zero-order valence-electron chi connectivity index (χ0n) is 10.3. The third-order valence-corrected chi connectivity index (χ3v) is 5.90. The summed E-state index contributed by atoms with van der Waals surface area (Å²) in [5, 5.41) is 3.56. The van der Waals surface area contributed by atoms with E-state index in [1.54, 1.807) is 0 Å². The highest BCUT2D eigenvalue weighted by Crippen LogP contribution is 2.23. The minimum absolute atomic E-state index is 0. The molecule has 0 aromatic carbocycles. The standard InChI is InChI=1S/C11H20N2O2S2.ClH/c12-5-8-1-2-10(15-8)11(14)13-6-9-7-16-3-4-17-9;/h8-10H,1-7,12H2,(H,13,14);1H/t8-,9?,10+;/m1./s1. The third-order valence-electron chi connectivity index (χ3n) is 3.05. The number of hydrogen-bond donors (Lipinski definition) is 2. The zero-order chi connectivity index (χ0) is 12.1. The molecule has 18 heavy (non-hydrogen) atoms. The van der Waals surface area contributed by atoms with E-state index in [9.17, 15) is 4.79 Å². The third kappa shape index (κ3) is 4.81. The summed E-state index contributed by atoms with van der Waals surface area (Å²) in [5.74, 6) is 3.61. The Morgan fingerprint density at radius 1 is 1.39 bits per heavy atom. The number of nitrogens with two attached hydrogens (primary N) is 1. The molecule has 0 aliphatic carbocycles. The van der Waals surface area contributed by atoms with Crippen molar-refractivity contribution in [2.45, 2.75) is 30.3 Å².